The van der Waals surface area contributed by atoms with Crippen molar-refractivity contribution in [3.05, 3.63) is 0 Å². The van der Waals surface area contributed by atoms with Crippen molar-refractivity contribution in [2.75, 3.05) is 6.54 Å². The van der Waals surface area contributed by atoms with Crippen molar-refractivity contribution in [3.63, 3.8) is 0 Å². The van der Waals surface area contributed by atoms with Gasteiger partial charge < -0.3 is 10.4 Å². The molecular weight excluding hydrogens is 198 g/mol. The largest absolute Gasteiger partial charge is 0.393 e. The van der Waals surface area contributed by atoms with Crippen LogP contribution in [-0.2, 0) is 0 Å². The third kappa shape index (κ3) is 3.74. The third-order valence-electron chi connectivity index (χ3n) is 4.39. The average molecular weight is 225 g/mol. The highest BCUT2D eigenvalue weighted by molar-refractivity contribution is 4.87. The fourth-order valence-corrected chi connectivity index (χ4v) is 3.07. The molecule has 2 saturated carbocycles. The Morgan fingerprint density at radius 1 is 1.19 bits per heavy atom. The summed E-state index contributed by atoms with van der Waals surface area (Å²) in [5.74, 6) is 2.09. The van der Waals surface area contributed by atoms with E-state index in [-0.39, 0.29) is 6.10 Å². The number of nitrogens with one attached hydrogen (secondary N) is 1. The van der Waals surface area contributed by atoms with E-state index in [1.54, 1.807) is 0 Å². The summed E-state index contributed by atoms with van der Waals surface area (Å²) in [4.78, 5) is 0. The molecule has 16 heavy (non-hydrogen) atoms. The van der Waals surface area contributed by atoms with Crippen LogP contribution in [0.1, 0.15) is 58.3 Å². The second-order valence-corrected chi connectivity index (χ2v) is 5.77. The molecule has 0 radical (unpaired) electrons. The van der Waals surface area contributed by atoms with Gasteiger partial charge in [0.2, 0.25) is 0 Å². The number of aliphatic hydroxyl groups is 1. The highest BCUT2D eigenvalue weighted by atomic mass is 16.3. The molecule has 2 N–H and O–H groups in total. The van der Waals surface area contributed by atoms with Crippen molar-refractivity contribution in [3.8, 4) is 0 Å². The Kier molecular flexibility index (Phi) is 4.66. The highest BCUT2D eigenvalue weighted by Gasteiger charge is 2.34. The molecule has 3 unspecified atom stereocenters. The van der Waals surface area contributed by atoms with Crippen molar-refractivity contribution in [2.45, 2.75) is 70.4 Å². The van der Waals surface area contributed by atoms with Crippen molar-refractivity contribution in [1.29, 1.82) is 0 Å². The van der Waals surface area contributed by atoms with Crippen LogP contribution in [0.15, 0.2) is 0 Å². The zero-order chi connectivity index (χ0) is 11.4. The fourth-order valence-electron chi connectivity index (χ4n) is 3.07. The zero-order valence-electron chi connectivity index (χ0n) is 10.6. The van der Waals surface area contributed by atoms with E-state index in [0.29, 0.717) is 0 Å². The second-order valence-electron chi connectivity index (χ2n) is 5.77. The first-order valence-corrected chi connectivity index (χ1v) is 7.21. The average Bonchev–Trinajstić information content (AvgIpc) is 3.13. The maximum atomic E-state index is 9.50. The van der Waals surface area contributed by atoms with E-state index in [1.807, 2.05) is 0 Å². The van der Waals surface area contributed by atoms with Gasteiger partial charge in [-0.2, -0.15) is 0 Å². The van der Waals surface area contributed by atoms with Gasteiger partial charge >= 0.3 is 0 Å². The summed E-state index contributed by atoms with van der Waals surface area (Å²) in [6, 6.07) is 0.739. The molecule has 0 spiro atoms. The minimum Gasteiger partial charge on any atom is -0.393 e. The van der Waals surface area contributed by atoms with Crippen LogP contribution in [-0.4, -0.2) is 23.8 Å². The molecule has 0 saturated heterocycles. The van der Waals surface area contributed by atoms with Gasteiger partial charge in [0.15, 0.2) is 0 Å². The second kappa shape index (κ2) is 6.02. The van der Waals surface area contributed by atoms with Gasteiger partial charge in [-0.3, -0.25) is 0 Å². The number of hydrogen-bond acceptors (Lipinski definition) is 2. The highest BCUT2D eigenvalue weighted by Crippen LogP contribution is 2.43. The van der Waals surface area contributed by atoms with Crippen molar-refractivity contribution >= 4 is 0 Å². The topological polar surface area (TPSA) is 32.3 Å². The normalized spacial score (nSPS) is 32.6. The molecule has 0 aromatic heterocycles. The Labute approximate surface area is 99.8 Å². The molecular formula is C14H27NO. The predicted octanol–water partition coefficient (Wildman–Crippen LogP) is 2.71. The van der Waals surface area contributed by atoms with Crippen LogP contribution in [0.25, 0.3) is 0 Å². The Hall–Kier alpha value is -0.0800. The monoisotopic (exact) mass is 225 g/mol. The van der Waals surface area contributed by atoms with Crippen LogP contribution in [0.3, 0.4) is 0 Å². The minimum atomic E-state index is -0.102. The lowest BCUT2D eigenvalue weighted by Gasteiger charge is -2.30. The molecule has 2 heteroatoms. The first-order valence-electron chi connectivity index (χ1n) is 7.21. The molecule has 94 valence electrons. The van der Waals surface area contributed by atoms with Crippen LogP contribution < -0.4 is 5.32 Å². The molecule has 0 amide bonds. The lowest BCUT2D eigenvalue weighted by molar-refractivity contribution is 0.155. The maximum absolute atomic E-state index is 9.50. The summed E-state index contributed by atoms with van der Waals surface area (Å²) in [6.45, 7) is 3.05. The van der Waals surface area contributed by atoms with E-state index < -0.39 is 0 Å². The van der Waals surface area contributed by atoms with Crippen LogP contribution in [0.4, 0.5) is 0 Å². The van der Waals surface area contributed by atoms with Crippen LogP contribution >= 0.6 is 0 Å². The van der Waals surface area contributed by atoms with E-state index in [2.05, 4.69) is 12.2 Å². The molecule has 0 heterocycles. The van der Waals surface area contributed by atoms with Gasteiger partial charge in [0, 0.05) is 6.04 Å². The SMILES string of the molecule is CCC(O)CCNC1CCCC(C2CC2)C1. The Morgan fingerprint density at radius 2 is 2.00 bits per heavy atom. The Balaban J connectivity index is 1.61. The van der Waals surface area contributed by atoms with Gasteiger partial charge in [0.1, 0.15) is 0 Å². The van der Waals surface area contributed by atoms with E-state index >= 15 is 0 Å². The molecule has 0 bridgehead atoms. The summed E-state index contributed by atoms with van der Waals surface area (Å²) >= 11 is 0. The molecule has 2 rings (SSSR count). The van der Waals surface area contributed by atoms with Crippen LogP contribution in [0, 0.1) is 11.8 Å². The summed E-state index contributed by atoms with van der Waals surface area (Å²) in [5.41, 5.74) is 0. The summed E-state index contributed by atoms with van der Waals surface area (Å²) in [7, 11) is 0. The first-order chi connectivity index (χ1) is 7.79. The molecule has 0 aromatic carbocycles. The molecule has 0 aliphatic heterocycles. The standard InChI is InChI=1S/C14H27NO/c1-2-14(16)8-9-15-13-5-3-4-12(10-13)11-6-7-11/h11-16H,2-10H2,1H3. The predicted molar refractivity (Wildman–Crippen MR) is 67.4 cm³/mol. The summed E-state index contributed by atoms with van der Waals surface area (Å²) in [5, 5.41) is 13.1. The van der Waals surface area contributed by atoms with Gasteiger partial charge in [-0.25, -0.2) is 0 Å². The van der Waals surface area contributed by atoms with E-state index in [1.165, 1.54) is 38.5 Å². The van der Waals surface area contributed by atoms with Crippen molar-refractivity contribution in [1.82, 2.24) is 5.32 Å². The smallest absolute Gasteiger partial charge is 0.0549 e. The Bertz CT molecular complexity index is 203. The van der Waals surface area contributed by atoms with Crippen LogP contribution in [0.2, 0.25) is 0 Å². The number of hydrogen-bond donors (Lipinski definition) is 2. The van der Waals surface area contributed by atoms with Crippen molar-refractivity contribution in [2.24, 2.45) is 11.8 Å². The fraction of sp³-hybridized carbons (Fsp3) is 1.00. The molecule has 0 aromatic rings. The summed E-state index contributed by atoms with van der Waals surface area (Å²) in [6.07, 6.45) is 10.3. The van der Waals surface area contributed by atoms with Gasteiger partial charge in [0.25, 0.3) is 0 Å². The van der Waals surface area contributed by atoms with Crippen molar-refractivity contribution < 1.29 is 5.11 Å². The first kappa shape index (κ1) is 12.4. The van der Waals surface area contributed by atoms with Crippen LogP contribution in [0.5, 0.6) is 0 Å². The minimum absolute atomic E-state index is 0.102. The zero-order valence-corrected chi connectivity index (χ0v) is 10.6. The maximum Gasteiger partial charge on any atom is 0.0549 e. The van der Waals surface area contributed by atoms with E-state index in [9.17, 15) is 5.11 Å². The molecule has 2 aliphatic rings. The van der Waals surface area contributed by atoms with Gasteiger partial charge in [0.05, 0.1) is 6.10 Å². The summed E-state index contributed by atoms with van der Waals surface area (Å²) < 4.78 is 0. The van der Waals surface area contributed by atoms with E-state index in [0.717, 1.165) is 37.3 Å². The van der Waals surface area contributed by atoms with Gasteiger partial charge in [-0.1, -0.05) is 19.8 Å². The molecule has 2 nitrogen and oxygen atoms in total. The lowest BCUT2D eigenvalue weighted by Crippen LogP contribution is -2.36. The molecule has 2 fully saturated rings. The third-order valence-corrected chi connectivity index (χ3v) is 4.39. The molecule has 3 atom stereocenters. The van der Waals surface area contributed by atoms with E-state index in [4.69, 9.17) is 0 Å². The lowest BCUT2D eigenvalue weighted by atomic mass is 9.82. The Morgan fingerprint density at radius 3 is 2.69 bits per heavy atom. The number of rotatable bonds is 6. The quantitative estimate of drug-likeness (QED) is 0.728. The van der Waals surface area contributed by atoms with Gasteiger partial charge in [-0.15, -0.1) is 0 Å². The number of aliphatic hydroxyl groups excluding tert-OH is 1. The molecule has 2 aliphatic carbocycles. The van der Waals surface area contributed by atoms with Gasteiger partial charge in [-0.05, 0) is 56.9 Å².